The Balaban J connectivity index is 3.07. The van der Waals surface area contributed by atoms with Crippen molar-refractivity contribution in [1.29, 1.82) is 0 Å². The first-order chi connectivity index (χ1) is 8.05. The summed E-state index contributed by atoms with van der Waals surface area (Å²) in [6.45, 7) is 2.43. The molecule has 0 aliphatic rings. The molecule has 0 aliphatic heterocycles. The molecular formula is C12H19NO3S. The second-order valence-corrected chi connectivity index (χ2v) is 5.86. The average Bonchev–Trinajstić information content (AvgIpc) is 2.35. The van der Waals surface area contributed by atoms with Gasteiger partial charge >= 0.3 is 0 Å². The third-order valence-corrected chi connectivity index (χ3v) is 4.33. The molecule has 0 fully saturated rings. The predicted octanol–water partition coefficient (Wildman–Crippen LogP) is 1.25. The minimum Gasteiger partial charge on any atom is -0.496 e. The highest BCUT2D eigenvalue weighted by molar-refractivity contribution is 7.91. The number of methoxy groups -OCH3 is 1. The molecule has 96 valence electrons. The second-order valence-electron chi connectivity index (χ2n) is 3.75. The highest BCUT2D eigenvalue weighted by atomic mass is 32.2. The number of hydrogen-bond donors (Lipinski definition) is 1. The second kappa shape index (κ2) is 6.02. The number of sulfone groups is 1. The Labute approximate surface area is 103 Å². The number of benzene rings is 1. The smallest absolute Gasteiger partial charge is 0.179 e. The average molecular weight is 257 g/mol. The summed E-state index contributed by atoms with van der Waals surface area (Å²) in [5.41, 5.74) is 0.915. The van der Waals surface area contributed by atoms with Crippen molar-refractivity contribution in [2.45, 2.75) is 18.2 Å². The van der Waals surface area contributed by atoms with Gasteiger partial charge in [-0.25, -0.2) is 8.42 Å². The molecule has 0 amide bonds. The zero-order chi connectivity index (χ0) is 12.9. The van der Waals surface area contributed by atoms with E-state index >= 15 is 0 Å². The van der Waals surface area contributed by atoms with E-state index in [0.717, 1.165) is 17.7 Å². The van der Waals surface area contributed by atoms with Crippen LogP contribution < -0.4 is 10.1 Å². The Morgan fingerprint density at radius 2 is 2.06 bits per heavy atom. The number of rotatable bonds is 6. The number of aryl methyl sites for hydroxylation is 1. The lowest BCUT2D eigenvalue weighted by Crippen LogP contribution is -2.19. The van der Waals surface area contributed by atoms with Crippen molar-refractivity contribution in [3.63, 3.8) is 0 Å². The number of nitrogens with one attached hydrogen (secondary N) is 1. The number of hydrogen-bond acceptors (Lipinski definition) is 4. The zero-order valence-corrected chi connectivity index (χ0v) is 11.3. The van der Waals surface area contributed by atoms with Crippen LogP contribution in [0, 0.1) is 0 Å². The minimum absolute atomic E-state index is 0.110. The van der Waals surface area contributed by atoms with E-state index in [0.29, 0.717) is 11.4 Å². The van der Waals surface area contributed by atoms with E-state index in [-0.39, 0.29) is 5.75 Å². The van der Waals surface area contributed by atoms with Crippen LogP contribution in [-0.2, 0) is 16.3 Å². The highest BCUT2D eigenvalue weighted by Gasteiger charge is 2.15. The fourth-order valence-corrected chi connectivity index (χ4v) is 2.88. The molecular weight excluding hydrogens is 238 g/mol. The summed E-state index contributed by atoms with van der Waals surface area (Å²) in [6.07, 6.45) is 0.749. The van der Waals surface area contributed by atoms with Gasteiger partial charge in [-0.05, 0) is 37.2 Å². The van der Waals surface area contributed by atoms with E-state index in [2.05, 4.69) is 5.32 Å². The Hall–Kier alpha value is -1.07. The van der Waals surface area contributed by atoms with Crippen molar-refractivity contribution in [3.05, 3.63) is 23.8 Å². The molecule has 0 atom stereocenters. The lowest BCUT2D eigenvalue weighted by molar-refractivity contribution is 0.409. The summed E-state index contributed by atoms with van der Waals surface area (Å²) in [4.78, 5) is 0.366. The van der Waals surface area contributed by atoms with E-state index < -0.39 is 9.84 Å². The number of ether oxygens (including phenoxy) is 1. The van der Waals surface area contributed by atoms with Crippen molar-refractivity contribution in [2.75, 3.05) is 26.5 Å². The zero-order valence-electron chi connectivity index (χ0n) is 10.5. The van der Waals surface area contributed by atoms with Gasteiger partial charge in [0.05, 0.1) is 17.8 Å². The highest BCUT2D eigenvalue weighted by Crippen LogP contribution is 2.23. The third kappa shape index (κ3) is 3.44. The van der Waals surface area contributed by atoms with Crippen molar-refractivity contribution < 1.29 is 13.2 Å². The molecule has 1 N–H and O–H groups in total. The van der Waals surface area contributed by atoms with Crippen LogP contribution >= 0.6 is 0 Å². The Morgan fingerprint density at radius 1 is 1.35 bits per heavy atom. The maximum Gasteiger partial charge on any atom is 0.179 e. The predicted molar refractivity (Wildman–Crippen MR) is 68.4 cm³/mol. The molecule has 1 aromatic carbocycles. The Kier molecular flexibility index (Phi) is 4.96. The van der Waals surface area contributed by atoms with Crippen LogP contribution in [0.1, 0.15) is 12.5 Å². The molecule has 17 heavy (non-hydrogen) atoms. The van der Waals surface area contributed by atoms with Gasteiger partial charge in [0.1, 0.15) is 5.75 Å². The monoisotopic (exact) mass is 257 g/mol. The third-order valence-electron chi connectivity index (χ3n) is 2.61. The first-order valence-corrected chi connectivity index (χ1v) is 7.24. The molecule has 0 unspecified atom stereocenters. The van der Waals surface area contributed by atoms with E-state index in [4.69, 9.17) is 4.74 Å². The maximum absolute atomic E-state index is 12.0. The minimum atomic E-state index is -3.20. The van der Waals surface area contributed by atoms with Crippen LogP contribution in [0.15, 0.2) is 23.1 Å². The molecule has 0 saturated carbocycles. The van der Waals surface area contributed by atoms with Gasteiger partial charge in [0, 0.05) is 6.54 Å². The van der Waals surface area contributed by atoms with Crippen LogP contribution in [0.25, 0.3) is 0 Å². The van der Waals surface area contributed by atoms with Gasteiger partial charge in [-0.1, -0.05) is 6.92 Å². The molecule has 1 rings (SSSR count). The summed E-state index contributed by atoms with van der Waals surface area (Å²) in [5.74, 6) is 0.846. The molecule has 0 saturated heterocycles. The quantitative estimate of drug-likeness (QED) is 0.833. The van der Waals surface area contributed by atoms with Crippen LogP contribution in [0.4, 0.5) is 0 Å². The molecule has 0 radical (unpaired) electrons. The normalized spacial score (nSPS) is 11.5. The Bertz CT molecular complexity index is 469. The molecule has 0 bridgehead atoms. The molecule has 0 aliphatic carbocycles. The summed E-state index contributed by atoms with van der Waals surface area (Å²) in [6, 6.07) is 5.01. The summed E-state index contributed by atoms with van der Waals surface area (Å²) < 4.78 is 29.1. The van der Waals surface area contributed by atoms with Gasteiger partial charge in [0.2, 0.25) is 0 Å². The van der Waals surface area contributed by atoms with Crippen molar-refractivity contribution in [2.24, 2.45) is 0 Å². The first kappa shape index (κ1) is 14.0. The summed E-state index contributed by atoms with van der Waals surface area (Å²) in [7, 11) is 0.126. The van der Waals surface area contributed by atoms with Crippen LogP contribution in [-0.4, -0.2) is 34.9 Å². The van der Waals surface area contributed by atoms with Gasteiger partial charge in [-0.3, -0.25) is 0 Å². The largest absolute Gasteiger partial charge is 0.496 e. The molecule has 0 heterocycles. The van der Waals surface area contributed by atoms with E-state index in [9.17, 15) is 8.42 Å². The lowest BCUT2D eigenvalue weighted by atomic mass is 10.1. The van der Waals surface area contributed by atoms with Crippen LogP contribution in [0.3, 0.4) is 0 Å². The van der Waals surface area contributed by atoms with Gasteiger partial charge in [-0.15, -0.1) is 0 Å². The maximum atomic E-state index is 12.0. The Morgan fingerprint density at radius 3 is 2.59 bits per heavy atom. The SMILES string of the molecule is CCc1cc(S(=O)(=O)CCNC)ccc1OC. The fraction of sp³-hybridized carbons (Fsp3) is 0.500. The molecule has 0 spiro atoms. The summed E-state index contributed by atoms with van der Waals surface area (Å²) in [5, 5.41) is 2.84. The van der Waals surface area contributed by atoms with E-state index in [1.165, 1.54) is 0 Å². The topological polar surface area (TPSA) is 55.4 Å². The van der Waals surface area contributed by atoms with Crippen molar-refractivity contribution in [3.8, 4) is 5.75 Å². The van der Waals surface area contributed by atoms with Crippen molar-refractivity contribution >= 4 is 9.84 Å². The first-order valence-electron chi connectivity index (χ1n) is 5.59. The standard InChI is InChI=1S/C12H19NO3S/c1-4-10-9-11(5-6-12(10)16-3)17(14,15)8-7-13-2/h5-6,9,13H,4,7-8H2,1-3H3. The molecule has 5 heteroatoms. The van der Waals surface area contributed by atoms with E-state index in [1.807, 2.05) is 6.92 Å². The molecule has 1 aromatic rings. The fourth-order valence-electron chi connectivity index (χ4n) is 1.58. The summed E-state index contributed by atoms with van der Waals surface area (Å²) >= 11 is 0. The van der Waals surface area contributed by atoms with Crippen molar-refractivity contribution in [1.82, 2.24) is 5.32 Å². The lowest BCUT2D eigenvalue weighted by Gasteiger charge is -2.09. The molecule has 4 nitrogen and oxygen atoms in total. The van der Waals surface area contributed by atoms with Gasteiger partial charge in [0.25, 0.3) is 0 Å². The van der Waals surface area contributed by atoms with Crippen LogP contribution in [0.5, 0.6) is 5.75 Å². The van der Waals surface area contributed by atoms with Gasteiger partial charge < -0.3 is 10.1 Å². The van der Waals surface area contributed by atoms with Gasteiger partial charge in [0.15, 0.2) is 9.84 Å². The van der Waals surface area contributed by atoms with Gasteiger partial charge in [-0.2, -0.15) is 0 Å². The van der Waals surface area contributed by atoms with E-state index in [1.54, 1.807) is 32.4 Å². The van der Waals surface area contributed by atoms with Crippen LogP contribution in [0.2, 0.25) is 0 Å². The molecule has 0 aromatic heterocycles.